The first-order valence-electron chi connectivity index (χ1n) is 11.1. The Morgan fingerprint density at radius 1 is 1.17 bits per heavy atom. The summed E-state index contributed by atoms with van der Waals surface area (Å²) in [7, 11) is 0. The van der Waals surface area contributed by atoms with Gasteiger partial charge in [-0.3, -0.25) is 4.79 Å². The molecule has 2 unspecified atom stereocenters. The van der Waals surface area contributed by atoms with Crippen LogP contribution in [0.4, 0.5) is 13.2 Å². The van der Waals surface area contributed by atoms with Crippen molar-refractivity contribution in [1.29, 1.82) is 0 Å². The van der Waals surface area contributed by atoms with E-state index >= 15 is 0 Å². The van der Waals surface area contributed by atoms with Gasteiger partial charge in [0.2, 0.25) is 5.91 Å². The minimum atomic E-state index is -4.36. The Kier molecular flexibility index (Phi) is 4.89. The summed E-state index contributed by atoms with van der Waals surface area (Å²) in [6, 6.07) is 4.98. The molecule has 30 heavy (non-hydrogen) atoms. The lowest BCUT2D eigenvalue weighted by Crippen LogP contribution is -2.42. The molecule has 3 aliphatic heterocycles. The fraction of sp³-hybridized carbons (Fsp3) is 0.696. The van der Waals surface area contributed by atoms with E-state index in [0.717, 1.165) is 45.3 Å². The van der Waals surface area contributed by atoms with E-state index < -0.39 is 17.2 Å². The van der Waals surface area contributed by atoms with Crippen molar-refractivity contribution in [2.75, 3.05) is 13.2 Å². The number of rotatable bonds is 2. The smallest absolute Gasteiger partial charge is 0.381 e. The number of carbonyl (C=O) groups excluding carboxylic acids is 1. The third-order valence-corrected chi connectivity index (χ3v) is 8.11. The van der Waals surface area contributed by atoms with Gasteiger partial charge in [-0.1, -0.05) is 19.1 Å². The number of carbonyl (C=O) groups is 1. The Morgan fingerprint density at radius 3 is 2.67 bits per heavy atom. The molecule has 1 aromatic carbocycles. The summed E-state index contributed by atoms with van der Waals surface area (Å²) < 4.78 is 46.1. The van der Waals surface area contributed by atoms with Crippen LogP contribution in [-0.2, 0) is 28.7 Å². The van der Waals surface area contributed by atoms with Crippen molar-refractivity contribution < 1.29 is 22.7 Å². The fourth-order valence-electron chi connectivity index (χ4n) is 6.45. The maximum absolute atomic E-state index is 13.6. The quantitative estimate of drug-likeness (QED) is 0.786. The van der Waals surface area contributed by atoms with Crippen molar-refractivity contribution in [3.8, 4) is 0 Å². The lowest BCUT2D eigenvalue weighted by Gasteiger charge is -2.34. The summed E-state index contributed by atoms with van der Waals surface area (Å²) in [4.78, 5) is 15.4. The summed E-state index contributed by atoms with van der Waals surface area (Å²) in [5.74, 6) is 0.209. The second-order valence-corrected chi connectivity index (χ2v) is 9.58. The van der Waals surface area contributed by atoms with Gasteiger partial charge in [0.1, 0.15) is 0 Å². The highest BCUT2D eigenvalue weighted by Crippen LogP contribution is 2.55. The van der Waals surface area contributed by atoms with Crippen molar-refractivity contribution in [2.24, 2.45) is 11.3 Å². The van der Waals surface area contributed by atoms with E-state index in [2.05, 4.69) is 12.2 Å². The average molecular weight is 422 g/mol. The van der Waals surface area contributed by atoms with E-state index in [-0.39, 0.29) is 17.9 Å². The molecule has 164 valence electrons. The first-order valence-corrected chi connectivity index (χ1v) is 11.1. The van der Waals surface area contributed by atoms with Gasteiger partial charge < -0.3 is 15.0 Å². The number of benzene rings is 1. The number of alkyl halides is 3. The van der Waals surface area contributed by atoms with Crippen LogP contribution in [0.1, 0.15) is 55.7 Å². The highest BCUT2D eigenvalue weighted by Gasteiger charge is 2.60. The molecule has 1 N–H and O–H groups in total. The van der Waals surface area contributed by atoms with Gasteiger partial charge in [0.05, 0.1) is 11.0 Å². The van der Waals surface area contributed by atoms with E-state index in [4.69, 9.17) is 4.74 Å². The molecular formula is C23H29F3N2O2. The highest BCUT2D eigenvalue weighted by molar-refractivity contribution is 5.87. The van der Waals surface area contributed by atoms with Gasteiger partial charge >= 0.3 is 6.18 Å². The van der Waals surface area contributed by atoms with Gasteiger partial charge in [0, 0.05) is 37.9 Å². The lowest BCUT2D eigenvalue weighted by molar-refractivity contribution is -0.139. The third kappa shape index (κ3) is 3.16. The largest absolute Gasteiger partial charge is 0.416 e. The van der Waals surface area contributed by atoms with Crippen LogP contribution in [-0.4, -0.2) is 42.1 Å². The molecule has 1 amide bonds. The first-order chi connectivity index (χ1) is 14.3. The zero-order valence-corrected chi connectivity index (χ0v) is 17.3. The number of fused-ring (bicyclic) bond motifs is 2. The van der Waals surface area contributed by atoms with Crippen LogP contribution in [0.5, 0.6) is 0 Å². The lowest BCUT2D eigenvalue weighted by atomic mass is 9.73. The Morgan fingerprint density at radius 2 is 1.93 bits per heavy atom. The third-order valence-electron chi connectivity index (χ3n) is 8.11. The van der Waals surface area contributed by atoms with Crippen molar-refractivity contribution in [3.63, 3.8) is 0 Å². The Balaban J connectivity index is 1.37. The molecular weight excluding hydrogens is 393 g/mol. The van der Waals surface area contributed by atoms with Crippen LogP contribution in [0.25, 0.3) is 0 Å². The van der Waals surface area contributed by atoms with Gasteiger partial charge in [-0.15, -0.1) is 0 Å². The number of hydrogen-bond acceptors (Lipinski definition) is 3. The predicted molar refractivity (Wildman–Crippen MR) is 106 cm³/mol. The molecule has 0 radical (unpaired) electrons. The van der Waals surface area contributed by atoms with E-state index in [1.807, 2.05) is 4.90 Å². The minimum absolute atomic E-state index is 0.0564. The van der Waals surface area contributed by atoms with Crippen LogP contribution in [0, 0.1) is 11.3 Å². The topological polar surface area (TPSA) is 41.6 Å². The Hall–Kier alpha value is -1.60. The van der Waals surface area contributed by atoms with Gasteiger partial charge in [-0.2, -0.15) is 13.2 Å². The zero-order chi connectivity index (χ0) is 21.1. The van der Waals surface area contributed by atoms with E-state index in [9.17, 15) is 18.0 Å². The molecule has 4 nitrogen and oxygen atoms in total. The van der Waals surface area contributed by atoms with Gasteiger partial charge in [-0.05, 0) is 61.6 Å². The van der Waals surface area contributed by atoms with E-state index in [1.54, 1.807) is 6.07 Å². The standard InChI is InChI=1S/C23H29F3N2O2/c1-14-20-11-18-15(3-2-4-19(18)23(24,25)26)13-28(20)21(29)22(14)8-5-17(12-22)27-16-6-9-30-10-7-16/h2-4,14,16-17,20,27H,5-13H2,1H3/t14?,17-,20?,22+/m1/s1. The molecule has 2 saturated heterocycles. The molecule has 1 spiro atoms. The van der Waals surface area contributed by atoms with Crippen LogP contribution < -0.4 is 5.32 Å². The maximum Gasteiger partial charge on any atom is 0.416 e. The molecule has 4 aliphatic rings. The molecule has 4 atom stereocenters. The molecule has 3 fully saturated rings. The van der Waals surface area contributed by atoms with Crippen molar-refractivity contribution in [2.45, 2.75) is 76.3 Å². The fourth-order valence-corrected chi connectivity index (χ4v) is 6.45. The molecule has 1 saturated carbocycles. The Labute approximate surface area is 175 Å². The van der Waals surface area contributed by atoms with Crippen LogP contribution in [0.2, 0.25) is 0 Å². The molecule has 1 aromatic rings. The molecule has 0 bridgehead atoms. The van der Waals surface area contributed by atoms with Crippen LogP contribution in [0.3, 0.4) is 0 Å². The second-order valence-electron chi connectivity index (χ2n) is 9.58. The molecule has 5 rings (SSSR count). The monoisotopic (exact) mass is 422 g/mol. The summed E-state index contributed by atoms with van der Waals surface area (Å²) in [5, 5.41) is 3.74. The van der Waals surface area contributed by atoms with Gasteiger partial charge in [0.25, 0.3) is 0 Å². The Bertz CT molecular complexity index is 836. The van der Waals surface area contributed by atoms with Crippen molar-refractivity contribution in [1.82, 2.24) is 10.2 Å². The predicted octanol–water partition coefficient (Wildman–Crippen LogP) is 3.92. The number of ether oxygens (including phenoxy) is 1. The summed E-state index contributed by atoms with van der Waals surface area (Å²) >= 11 is 0. The highest BCUT2D eigenvalue weighted by atomic mass is 19.4. The zero-order valence-electron chi connectivity index (χ0n) is 17.3. The van der Waals surface area contributed by atoms with E-state index in [0.29, 0.717) is 36.2 Å². The molecule has 0 aromatic heterocycles. The number of nitrogens with zero attached hydrogens (tertiary/aromatic N) is 1. The first kappa shape index (κ1) is 20.3. The van der Waals surface area contributed by atoms with E-state index in [1.165, 1.54) is 12.1 Å². The number of amides is 1. The SMILES string of the molecule is CC1C2Cc3c(cccc3C(F)(F)F)CN2C(=O)[C@]12CC[C@@H](NC1CCOCC1)C2. The van der Waals surface area contributed by atoms with Crippen molar-refractivity contribution in [3.05, 3.63) is 34.9 Å². The van der Waals surface area contributed by atoms with Gasteiger partial charge in [-0.25, -0.2) is 0 Å². The summed E-state index contributed by atoms with van der Waals surface area (Å²) in [6.07, 6.45) is 0.507. The van der Waals surface area contributed by atoms with Crippen LogP contribution >= 0.6 is 0 Å². The summed E-state index contributed by atoms with van der Waals surface area (Å²) in [5.41, 5.74) is 0.0608. The second kappa shape index (κ2) is 7.23. The van der Waals surface area contributed by atoms with Crippen LogP contribution in [0.15, 0.2) is 18.2 Å². The average Bonchev–Trinajstić information content (AvgIpc) is 3.23. The molecule has 3 heterocycles. The normalized spacial score (nSPS) is 34.5. The van der Waals surface area contributed by atoms with Gasteiger partial charge in [0.15, 0.2) is 0 Å². The number of halogens is 3. The number of hydrogen-bond donors (Lipinski definition) is 1. The molecule has 1 aliphatic carbocycles. The van der Waals surface area contributed by atoms with Crippen molar-refractivity contribution >= 4 is 5.91 Å². The summed E-state index contributed by atoms with van der Waals surface area (Å²) in [6.45, 7) is 3.94. The molecule has 7 heteroatoms. The minimum Gasteiger partial charge on any atom is -0.381 e. The maximum atomic E-state index is 13.6. The number of nitrogens with one attached hydrogen (secondary N) is 1.